The van der Waals surface area contributed by atoms with Crippen LogP contribution in [0.3, 0.4) is 0 Å². The van der Waals surface area contributed by atoms with Crippen LogP contribution in [0.2, 0.25) is 0 Å². The number of nitrogens with one attached hydrogen (secondary N) is 1. The van der Waals surface area contributed by atoms with E-state index < -0.39 is 114 Å². The summed E-state index contributed by atoms with van der Waals surface area (Å²) in [7, 11) is 3.00. The molecule has 4 aliphatic heterocycles. The number of methoxy groups -OCH3 is 2. The van der Waals surface area contributed by atoms with E-state index in [4.69, 9.17) is 37.9 Å². The summed E-state index contributed by atoms with van der Waals surface area (Å²) in [5.74, 6) is -3.64. The van der Waals surface area contributed by atoms with Gasteiger partial charge in [0.25, 0.3) is 0 Å². The van der Waals surface area contributed by atoms with Crippen LogP contribution in [0.1, 0.15) is 102 Å². The lowest BCUT2D eigenvalue weighted by atomic mass is 9.77. The summed E-state index contributed by atoms with van der Waals surface area (Å²) in [4.78, 5) is 42.7. The molecule has 4 rings (SSSR count). The molecule has 0 aliphatic carbocycles. The van der Waals surface area contributed by atoms with Gasteiger partial charge in [-0.15, -0.1) is 0 Å². The van der Waals surface area contributed by atoms with Gasteiger partial charge in [0.1, 0.15) is 23.9 Å². The number of hydrogen-bond acceptors (Lipinski definition) is 14. The second kappa shape index (κ2) is 17.8. The monoisotopic (exact) mass is 788 g/mol. The molecule has 0 bridgehead atoms. The van der Waals surface area contributed by atoms with Crippen LogP contribution in [0.5, 0.6) is 0 Å². The first kappa shape index (κ1) is 45.6. The van der Waals surface area contributed by atoms with Gasteiger partial charge in [0.15, 0.2) is 18.7 Å². The summed E-state index contributed by atoms with van der Waals surface area (Å²) >= 11 is 0. The molecule has 55 heavy (non-hydrogen) atoms. The highest BCUT2D eigenvalue weighted by Crippen LogP contribution is 2.42. The number of aliphatic hydroxyl groups is 3. The van der Waals surface area contributed by atoms with Gasteiger partial charge >= 0.3 is 12.1 Å². The van der Waals surface area contributed by atoms with Crippen molar-refractivity contribution in [1.82, 2.24) is 10.2 Å². The molecule has 0 aromatic heterocycles. The number of nitrogens with zero attached hydrogens (tertiary/aromatic N) is 1. The number of likely N-dealkylation sites (N-methyl/N-ethyl adjacent to an activating group) is 1. The number of carbonyl (C=O) groups excluding carboxylic acids is 3. The average Bonchev–Trinajstić information content (AvgIpc) is 3.46. The molecule has 0 unspecified atom stereocenters. The van der Waals surface area contributed by atoms with Crippen molar-refractivity contribution in [1.29, 1.82) is 0 Å². The van der Waals surface area contributed by atoms with Crippen LogP contribution in [-0.2, 0) is 47.5 Å². The number of cyclic esters (lactones) is 1. The van der Waals surface area contributed by atoms with Gasteiger partial charge in [0.2, 0.25) is 5.91 Å². The van der Waals surface area contributed by atoms with Crippen molar-refractivity contribution in [2.45, 2.75) is 192 Å². The Morgan fingerprint density at radius 2 is 1.51 bits per heavy atom. The van der Waals surface area contributed by atoms with Crippen LogP contribution in [0.25, 0.3) is 0 Å². The maximum atomic E-state index is 14.3. The molecule has 0 spiro atoms. The minimum absolute atomic E-state index is 0.0921. The Balaban J connectivity index is 1.86. The lowest BCUT2D eigenvalue weighted by Gasteiger charge is -2.49. The van der Waals surface area contributed by atoms with E-state index in [1.807, 2.05) is 20.8 Å². The molecule has 0 radical (unpaired) electrons. The number of rotatable bonds is 8. The van der Waals surface area contributed by atoms with Crippen LogP contribution in [-0.4, -0.2) is 149 Å². The van der Waals surface area contributed by atoms with E-state index in [-0.39, 0.29) is 31.4 Å². The molecule has 318 valence electrons. The van der Waals surface area contributed by atoms with Crippen molar-refractivity contribution in [2.75, 3.05) is 20.8 Å². The van der Waals surface area contributed by atoms with Crippen LogP contribution >= 0.6 is 0 Å². The number of esters is 1. The van der Waals surface area contributed by atoms with Crippen LogP contribution in [0.15, 0.2) is 0 Å². The largest absolute Gasteiger partial charge is 0.459 e. The highest BCUT2D eigenvalue weighted by Gasteiger charge is 2.56. The molecule has 4 saturated heterocycles. The Kier molecular flexibility index (Phi) is 14.7. The number of ether oxygens (including phenoxy) is 8. The standard InChI is InChI=1S/C39H68N2O14/c1-14-26-39(11,47)30(42)23(7)40-33(44)19(3)17-38(10,49-13)32(55-35-29-25(16-20(4)50-35)41(15-2)36(46)54-29)21(5)28(22(6)34(45)52-26)53-27-18-37(9,48-12)31(43)24(8)51-27/h19-32,35,42-43,47H,14-18H2,1-13H3,(H,40,44)/t19-,20-,21+,22-,23-,24+,25+,26-,27+,28+,29-,30-,31+,32-,35+,37-,38-,39-/m1/s1. The summed E-state index contributed by atoms with van der Waals surface area (Å²) < 4.78 is 50.2. The van der Waals surface area contributed by atoms with Crippen molar-refractivity contribution in [3.8, 4) is 0 Å². The van der Waals surface area contributed by atoms with Gasteiger partial charge in [-0.1, -0.05) is 20.8 Å². The molecule has 16 nitrogen and oxygen atoms in total. The van der Waals surface area contributed by atoms with Crippen LogP contribution in [0.4, 0.5) is 4.79 Å². The zero-order chi connectivity index (χ0) is 41.4. The topological polar surface area (TPSA) is 201 Å². The fraction of sp³-hybridized carbons (Fsp3) is 0.923. The third-order valence-electron chi connectivity index (χ3n) is 12.7. The third kappa shape index (κ3) is 9.28. The number of aliphatic hydroxyl groups excluding tert-OH is 2. The lowest BCUT2D eigenvalue weighted by molar-refractivity contribution is -0.315. The van der Waals surface area contributed by atoms with Crippen molar-refractivity contribution in [2.24, 2.45) is 17.8 Å². The van der Waals surface area contributed by atoms with Crippen molar-refractivity contribution < 1.29 is 67.6 Å². The Labute approximate surface area is 326 Å². The van der Waals surface area contributed by atoms with Gasteiger partial charge in [-0.3, -0.25) is 9.59 Å². The molecule has 4 aliphatic rings. The summed E-state index contributed by atoms with van der Waals surface area (Å²) in [5.41, 5.74) is -4.28. The number of carbonyl (C=O) groups is 3. The van der Waals surface area contributed by atoms with E-state index in [0.29, 0.717) is 13.0 Å². The first-order valence-corrected chi connectivity index (χ1v) is 19.9. The predicted octanol–water partition coefficient (Wildman–Crippen LogP) is 2.66. The summed E-state index contributed by atoms with van der Waals surface area (Å²) in [6.07, 6.45) is -9.09. The maximum Gasteiger partial charge on any atom is 0.410 e. The van der Waals surface area contributed by atoms with E-state index in [1.54, 1.807) is 53.4 Å². The highest BCUT2D eigenvalue weighted by atomic mass is 16.7. The van der Waals surface area contributed by atoms with Gasteiger partial charge < -0.3 is 63.4 Å². The van der Waals surface area contributed by atoms with E-state index >= 15 is 0 Å². The lowest BCUT2D eigenvalue weighted by Crippen LogP contribution is -2.60. The van der Waals surface area contributed by atoms with Crippen molar-refractivity contribution >= 4 is 18.0 Å². The summed E-state index contributed by atoms with van der Waals surface area (Å²) in [6, 6.07) is -1.25. The quantitative estimate of drug-likeness (QED) is 0.262. The summed E-state index contributed by atoms with van der Waals surface area (Å²) in [5, 5.41) is 36.8. The SMILES string of the molecule is CC[C@H]1OC(=O)[C@H](C)[C@@H](O[C@H]2C[C@@](C)(OC)[C@@H](O)[C@H](C)O2)[C@H](C)[C@@H](O[C@@H]2O[C@H](C)C[C@H]3[C@H]2OC(=O)N3CC)[C@](C)(OC)C[C@@H](C)C(=O)N[C@H](C)[C@@H](O)[C@]1(C)O. The van der Waals surface area contributed by atoms with Crippen molar-refractivity contribution in [3.05, 3.63) is 0 Å². The first-order valence-electron chi connectivity index (χ1n) is 19.9. The second-order valence-corrected chi connectivity index (χ2v) is 16.9. The van der Waals surface area contributed by atoms with Crippen molar-refractivity contribution in [3.63, 3.8) is 0 Å². The summed E-state index contributed by atoms with van der Waals surface area (Å²) in [6.45, 7) is 19.3. The predicted molar refractivity (Wildman–Crippen MR) is 197 cm³/mol. The van der Waals surface area contributed by atoms with Crippen LogP contribution < -0.4 is 5.32 Å². The van der Waals surface area contributed by atoms with Gasteiger partial charge in [0, 0.05) is 39.0 Å². The maximum absolute atomic E-state index is 14.3. The molecule has 4 heterocycles. The zero-order valence-corrected chi connectivity index (χ0v) is 35.0. The van der Waals surface area contributed by atoms with E-state index in [0.717, 1.165) is 0 Å². The fourth-order valence-electron chi connectivity index (χ4n) is 9.01. The smallest absolute Gasteiger partial charge is 0.410 e. The Bertz CT molecular complexity index is 1340. The average molecular weight is 789 g/mol. The number of hydrogen-bond donors (Lipinski definition) is 4. The molecule has 0 aromatic carbocycles. The van der Waals surface area contributed by atoms with Gasteiger partial charge in [-0.2, -0.15) is 0 Å². The molecule has 4 N–H and O–H groups in total. The van der Waals surface area contributed by atoms with E-state index in [1.165, 1.54) is 21.1 Å². The van der Waals surface area contributed by atoms with Crippen LogP contribution in [0, 0.1) is 17.8 Å². The molecular weight excluding hydrogens is 720 g/mol. The molecule has 16 heteroatoms. The fourth-order valence-corrected chi connectivity index (χ4v) is 9.01. The number of amides is 2. The number of fused-ring (bicyclic) bond motifs is 1. The van der Waals surface area contributed by atoms with E-state index in [9.17, 15) is 29.7 Å². The Morgan fingerprint density at radius 1 is 0.873 bits per heavy atom. The molecule has 4 fully saturated rings. The second-order valence-electron chi connectivity index (χ2n) is 16.9. The highest BCUT2D eigenvalue weighted by molar-refractivity contribution is 5.78. The molecule has 0 saturated carbocycles. The molecule has 18 atom stereocenters. The normalized spacial score (nSPS) is 47.9. The first-order chi connectivity index (χ1) is 25.6. The Morgan fingerprint density at radius 3 is 2.09 bits per heavy atom. The van der Waals surface area contributed by atoms with Gasteiger partial charge in [0.05, 0.1) is 53.6 Å². The minimum Gasteiger partial charge on any atom is -0.459 e. The zero-order valence-electron chi connectivity index (χ0n) is 35.0. The van der Waals surface area contributed by atoms with E-state index in [2.05, 4.69) is 5.32 Å². The third-order valence-corrected chi connectivity index (χ3v) is 12.7. The Hall–Kier alpha value is -2.15. The molecule has 0 aromatic rings. The molecule has 2 amide bonds. The van der Waals surface area contributed by atoms with Gasteiger partial charge in [-0.05, 0) is 74.7 Å². The molecular formula is C39H68N2O14. The van der Waals surface area contributed by atoms with Gasteiger partial charge in [-0.25, -0.2) is 4.79 Å². The minimum atomic E-state index is -1.95.